The van der Waals surface area contributed by atoms with Crippen LogP contribution in [0.25, 0.3) is 78.7 Å². The molecule has 7 aromatic carbocycles. The molecule has 1 aliphatic carbocycles. The van der Waals surface area contributed by atoms with Gasteiger partial charge >= 0.3 is 0 Å². The summed E-state index contributed by atoms with van der Waals surface area (Å²) in [6, 6.07) is 16.8. The second kappa shape index (κ2) is 12.3. The van der Waals surface area contributed by atoms with Crippen molar-refractivity contribution in [1.82, 2.24) is 15.0 Å². The maximum absolute atomic E-state index is 9.44. The molecule has 0 radical (unpaired) electrons. The van der Waals surface area contributed by atoms with E-state index < -0.39 is 107 Å². The maximum atomic E-state index is 9.44. The monoisotopic (exact) mass is 640 g/mol. The minimum absolute atomic E-state index is 0.00643. The molecule has 0 fully saturated rings. The van der Waals surface area contributed by atoms with Gasteiger partial charge < -0.3 is 0 Å². The normalized spacial score (nSPS) is 15.9. The molecule has 1 aliphatic rings. The van der Waals surface area contributed by atoms with Crippen LogP contribution in [0.15, 0.2) is 176 Å². The molecule has 0 bridgehead atoms. The van der Waals surface area contributed by atoms with Crippen molar-refractivity contribution in [2.24, 2.45) is 0 Å². The summed E-state index contributed by atoms with van der Waals surface area (Å²) in [5.41, 5.74) is 1.05. The van der Waals surface area contributed by atoms with E-state index in [-0.39, 0.29) is 57.3 Å². The zero-order valence-electron chi connectivity index (χ0n) is 40.6. The first kappa shape index (κ1) is 17.1. The van der Waals surface area contributed by atoms with Crippen molar-refractivity contribution in [1.29, 1.82) is 0 Å². The number of aromatic nitrogens is 3. The molecule has 0 atom stereocenters. The van der Waals surface area contributed by atoms with Crippen LogP contribution >= 0.6 is 0 Å². The summed E-state index contributed by atoms with van der Waals surface area (Å²) < 4.78 is 133. The first-order valence-corrected chi connectivity index (χ1v) is 15.4. The van der Waals surface area contributed by atoms with Crippen LogP contribution in [-0.4, -0.2) is 15.0 Å². The molecular formula is C46H31N3. The number of hydrogen-bond acceptors (Lipinski definition) is 3. The Kier molecular flexibility index (Phi) is 4.29. The molecule has 3 heteroatoms. The first-order chi connectivity index (χ1) is 30.5. The van der Waals surface area contributed by atoms with Crippen molar-refractivity contribution in [3.8, 4) is 78.7 Å². The highest BCUT2D eigenvalue weighted by atomic mass is 15.0. The highest BCUT2D eigenvalue weighted by Gasteiger charge is 2.22. The van der Waals surface area contributed by atoms with Gasteiger partial charge in [0.15, 0.2) is 17.5 Å². The minimum Gasteiger partial charge on any atom is -0.208 e. The Hall–Kier alpha value is -6.45. The van der Waals surface area contributed by atoms with Crippen molar-refractivity contribution < 1.29 is 20.6 Å². The average Bonchev–Trinajstić information content (AvgIpc) is 3.72. The van der Waals surface area contributed by atoms with Crippen molar-refractivity contribution in [3.05, 3.63) is 187 Å². The molecule has 1 aromatic heterocycles. The average molecular weight is 641 g/mol. The summed E-state index contributed by atoms with van der Waals surface area (Å²) in [6.07, 6.45) is -0.304. The Balaban J connectivity index is 1.23. The number of hydrogen-bond donors (Lipinski definition) is 0. The van der Waals surface area contributed by atoms with Gasteiger partial charge in [0.2, 0.25) is 0 Å². The van der Waals surface area contributed by atoms with E-state index in [2.05, 4.69) is 9.97 Å². The van der Waals surface area contributed by atoms with E-state index in [1.165, 1.54) is 0 Å². The zero-order valence-corrected chi connectivity index (χ0v) is 25.6. The lowest BCUT2D eigenvalue weighted by molar-refractivity contribution is 1.07. The molecule has 0 saturated heterocycles. The molecule has 0 aliphatic heterocycles. The van der Waals surface area contributed by atoms with Crippen LogP contribution in [0.2, 0.25) is 0 Å². The molecule has 230 valence electrons. The van der Waals surface area contributed by atoms with E-state index in [4.69, 9.17) is 16.0 Å². The smallest absolute Gasteiger partial charge is 0.164 e. The molecule has 3 nitrogen and oxygen atoms in total. The van der Waals surface area contributed by atoms with Crippen molar-refractivity contribution in [2.45, 2.75) is 6.42 Å². The molecule has 0 N–H and O–H groups in total. The summed E-state index contributed by atoms with van der Waals surface area (Å²) in [4.78, 5) is 14.0. The van der Waals surface area contributed by atoms with E-state index in [1.807, 2.05) is 60.7 Å². The van der Waals surface area contributed by atoms with Crippen LogP contribution in [0, 0.1) is 0 Å². The third kappa shape index (κ3) is 5.52. The van der Waals surface area contributed by atoms with E-state index >= 15 is 0 Å². The topological polar surface area (TPSA) is 38.7 Å². The molecular weight excluding hydrogens is 595 g/mol. The van der Waals surface area contributed by atoms with Gasteiger partial charge in [-0.25, -0.2) is 15.0 Å². The highest BCUT2D eigenvalue weighted by molar-refractivity contribution is 5.91. The van der Waals surface area contributed by atoms with Crippen molar-refractivity contribution in [2.75, 3.05) is 0 Å². The Morgan fingerprint density at radius 2 is 0.918 bits per heavy atom. The van der Waals surface area contributed by atoms with E-state index in [0.29, 0.717) is 11.1 Å². The summed E-state index contributed by atoms with van der Waals surface area (Å²) in [6.45, 7) is 0. The van der Waals surface area contributed by atoms with Gasteiger partial charge in [-0.05, 0) is 62.1 Å². The van der Waals surface area contributed by atoms with E-state index in [1.54, 1.807) is 24.3 Å². The van der Waals surface area contributed by atoms with Crippen LogP contribution < -0.4 is 0 Å². The zero-order chi connectivity index (χ0) is 45.6. The summed E-state index contributed by atoms with van der Waals surface area (Å²) >= 11 is 0. The van der Waals surface area contributed by atoms with Gasteiger partial charge in [-0.1, -0.05) is 176 Å². The Morgan fingerprint density at radius 1 is 0.367 bits per heavy atom. The predicted molar refractivity (Wildman–Crippen MR) is 201 cm³/mol. The summed E-state index contributed by atoms with van der Waals surface area (Å²) in [5.74, 6) is 0.241. The van der Waals surface area contributed by atoms with Gasteiger partial charge in [0.1, 0.15) is 0 Å². The summed E-state index contributed by atoms with van der Waals surface area (Å²) in [7, 11) is 0. The van der Waals surface area contributed by atoms with Gasteiger partial charge in [0.05, 0.1) is 20.6 Å². The lowest BCUT2D eigenvalue weighted by Gasteiger charge is -2.11. The van der Waals surface area contributed by atoms with E-state index in [9.17, 15) is 9.60 Å². The lowest BCUT2D eigenvalue weighted by atomic mass is 9.93. The van der Waals surface area contributed by atoms with Crippen molar-refractivity contribution >= 4 is 0 Å². The molecule has 9 rings (SSSR count). The minimum atomic E-state index is -0.707. The second-order valence-electron chi connectivity index (χ2n) is 11.2. The third-order valence-corrected chi connectivity index (χ3v) is 8.21. The number of nitrogens with zero attached hydrogens (tertiary/aromatic N) is 3. The SMILES string of the molecule is [2H]c1c([2H])c([2H])c(-c2c([2H])c([2H])c([2H])c3c2-c2c([2H])c([2H])c(-c4c([2H])c([2H])c(-c5nc(-c6ccccc6)nc(-c6ccc(-c7ccccc7)cc6)n5)c([2H])c4[2H])c([2H])c2C3)c([2H])c1[2H]. The number of rotatable bonds is 6. The largest absolute Gasteiger partial charge is 0.208 e. The molecule has 49 heavy (non-hydrogen) atoms. The number of benzene rings is 7. The maximum Gasteiger partial charge on any atom is 0.164 e. The number of fused-ring (bicyclic) bond motifs is 3. The van der Waals surface area contributed by atoms with Gasteiger partial charge in [-0.3, -0.25) is 0 Å². The van der Waals surface area contributed by atoms with Crippen LogP contribution in [0.4, 0.5) is 0 Å². The van der Waals surface area contributed by atoms with Crippen LogP contribution in [0.5, 0.6) is 0 Å². The van der Waals surface area contributed by atoms with E-state index in [0.717, 1.165) is 11.1 Å². The highest BCUT2D eigenvalue weighted by Crippen LogP contribution is 2.44. The fourth-order valence-corrected chi connectivity index (χ4v) is 5.83. The van der Waals surface area contributed by atoms with Crippen LogP contribution in [0.3, 0.4) is 0 Å². The Labute approximate surface area is 307 Å². The molecule has 0 spiro atoms. The standard InChI is InChI=1S/C46H31N3/c1-4-11-31(12-5-1)32-19-23-36(24-20-32)45-47-44(35-15-8-3-9-16-35)48-46(49-45)37-25-21-33(22-26-37)38-27-28-42-40(29-38)30-39-17-10-18-41(43(39)42)34-13-6-2-7-14-34/h1-29H,30H2/i2D,6D,7D,10D,13D,14D,17D,18D,21D,22D,25D,26D,27D,28D,29D. The molecule has 0 amide bonds. The first-order valence-electron chi connectivity index (χ1n) is 22.9. The van der Waals surface area contributed by atoms with Gasteiger partial charge in [-0.15, -0.1) is 0 Å². The summed E-state index contributed by atoms with van der Waals surface area (Å²) in [5, 5.41) is 0. The fourth-order valence-electron chi connectivity index (χ4n) is 5.83. The van der Waals surface area contributed by atoms with Gasteiger partial charge in [0, 0.05) is 16.7 Å². The van der Waals surface area contributed by atoms with Gasteiger partial charge in [0.25, 0.3) is 0 Å². The quantitative estimate of drug-likeness (QED) is 0.181. The van der Waals surface area contributed by atoms with Crippen molar-refractivity contribution in [3.63, 3.8) is 0 Å². The molecule has 1 heterocycles. The molecule has 0 unspecified atom stereocenters. The molecule has 0 saturated carbocycles. The third-order valence-electron chi connectivity index (χ3n) is 8.21. The Bertz CT molecular complexity index is 3230. The lowest BCUT2D eigenvalue weighted by Crippen LogP contribution is -2.00. The predicted octanol–water partition coefficient (Wildman–Crippen LogP) is 11.4. The Morgan fingerprint density at radius 3 is 1.61 bits per heavy atom. The van der Waals surface area contributed by atoms with Crippen LogP contribution in [0.1, 0.15) is 31.7 Å². The van der Waals surface area contributed by atoms with Gasteiger partial charge in [-0.2, -0.15) is 0 Å². The fraction of sp³-hybridized carbons (Fsp3) is 0.0217. The second-order valence-corrected chi connectivity index (χ2v) is 11.2. The molecule has 8 aromatic rings. The van der Waals surface area contributed by atoms with Crippen LogP contribution in [-0.2, 0) is 6.42 Å².